The van der Waals surface area contributed by atoms with Gasteiger partial charge in [-0.05, 0) is 19.1 Å². The second-order valence-corrected chi connectivity index (χ2v) is 3.90. The fourth-order valence-electron chi connectivity index (χ4n) is 1.03. The Kier molecular flexibility index (Phi) is 1.92. The van der Waals surface area contributed by atoms with E-state index in [0.717, 1.165) is 14.0 Å². The van der Waals surface area contributed by atoms with Crippen molar-refractivity contribution in [3.63, 3.8) is 0 Å². The maximum Gasteiger partial charge on any atom is 0.0692 e. The number of hydrogen-bond donors (Lipinski definition) is 0. The summed E-state index contributed by atoms with van der Waals surface area (Å²) < 4.78 is 1.97. The normalized spacial score (nSPS) is 10.8. The van der Waals surface area contributed by atoms with Crippen molar-refractivity contribution in [1.82, 2.24) is 9.54 Å². The third kappa shape index (κ3) is 1.39. The minimum atomic E-state index is 1.15. The lowest BCUT2D eigenvalue weighted by Gasteiger charge is -1.97. The molecule has 2 nitrogen and oxygen atoms in total. The van der Waals surface area contributed by atoms with E-state index in [1.165, 1.54) is 5.30 Å². The Hall–Kier alpha value is -1.14. The zero-order chi connectivity index (χ0) is 8.39. The van der Waals surface area contributed by atoms with Gasteiger partial charge in [-0.25, -0.2) is 4.44 Å². The van der Waals surface area contributed by atoms with Gasteiger partial charge in [0.05, 0.1) is 11.9 Å². The number of hydrogen-bond acceptors (Lipinski definition) is 1. The molecule has 2 aromatic rings. The third-order valence-electron chi connectivity index (χ3n) is 1.59. The summed E-state index contributed by atoms with van der Waals surface area (Å²) in [5.74, 6) is 0. The monoisotopic (exact) mass is 176 g/mol. The molecule has 0 unspecified atom stereocenters. The highest BCUT2D eigenvalue weighted by Crippen LogP contribution is 2.16. The van der Waals surface area contributed by atoms with Crippen LogP contribution in [0.4, 0.5) is 0 Å². The van der Waals surface area contributed by atoms with Crippen molar-refractivity contribution in [1.29, 1.82) is 0 Å². The predicted octanol–water partition coefficient (Wildman–Crippen LogP) is 2.76. The maximum absolute atomic E-state index is 4.25. The average molecular weight is 176 g/mol. The van der Waals surface area contributed by atoms with Gasteiger partial charge in [-0.15, -0.1) is 0 Å². The summed E-state index contributed by atoms with van der Waals surface area (Å²) in [5, 5.41) is 5.52. The minimum Gasteiger partial charge on any atom is -0.215 e. The lowest BCUT2D eigenvalue weighted by atomic mass is 10.3. The highest BCUT2D eigenvalue weighted by Gasteiger charge is 1.95. The third-order valence-corrected chi connectivity index (χ3v) is 2.55. The standard InChI is InChI=1S/C9H9N2P/c1-8-7-10-11(12-8)9-5-3-2-4-6-9/h2-7H,1H3. The Bertz CT molecular complexity index is 367. The molecule has 2 rings (SSSR count). The smallest absolute Gasteiger partial charge is 0.0692 e. The first kappa shape index (κ1) is 7.51. The van der Waals surface area contributed by atoms with E-state index in [1.807, 2.05) is 28.8 Å². The van der Waals surface area contributed by atoms with Crippen molar-refractivity contribution in [2.24, 2.45) is 0 Å². The molecule has 0 atom stereocenters. The molecule has 0 saturated heterocycles. The van der Waals surface area contributed by atoms with Crippen LogP contribution in [0.2, 0.25) is 0 Å². The fourth-order valence-corrected chi connectivity index (χ4v) is 1.78. The van der Waals surface area contributed by atoms with E-state index in [1.54, 1.807) is 0 Å². The summed E-state index contributed by atoms with van der Waals surface area (Å²) in [6, 6.07) is 10.2. The van der Waals surface area contributed by atoms with Gasteiger partial charge in [0.15, 0.2) is 0 Å². The number of rotatable bonds is 1. The second-order valence-electron chi connectivity index (χ2n) is 2.61. The predicted molar refractivity (Wildman–Crippen MR) is 50.8 cm³/mol. The summed E-state index contributed by atoms with van der Waals surface area (Å²) in [4.78, 5) is 0. The molecular weight excluding hydrogens is 167 g/mol. The number of nitrogens with zero attached hydrogens (tertiary/aromatic N) is 2. The van der Waals surface area contributed by atoms with Gasteiger partial charge in [-0.3, -0.25) is 0 Å². The van der Waals surface area contributed by atoms with Crippen LogP contribution in [0.15, 0.2) is 36.5 Å². The maximum atomic E-state index is 4.25. The molecule has 0 radical (unpaired) electrons. The van der Waals surface area contributed by atoms with Crippen LogP contribution < -0.4 is 0 Å². The summed E-state index contributed by atoms with van der Waals surface area (Å²) in [6.45, 7) is 2.08. The van der Waals surface area contributed by atoms with Crippen LogP contribution in [0, 0.1) is 6.92 Å². The van der Waals surface area contributed by atoms with Gasteiger partial charge >= 0.3 is 0 Å². The van der Waals surface area contributed by atoms with Crippen LogP contribution in [-0.2, 0) is 0 Å². The minimum absolute atomic E-state index is 1.15. The Labute approximate surface area is 73.0 Å². The highest BCUT2D eigenvalue weighted by molar-refractivity contribution is 7.27. The highest BCUT2D eigenvalue weighted by atomic mass is 31.0. The SMILES string of the molecule is Cc1cnn(-c2ccccc2)p1. The Morgan fingerprint density at radius 3 is 2.58 bits per heavy atom. The zero-order valence-corrected chi connectivity index (χ0v) is 7.70. The van der Waals surface area contributed by atoms with E-state index in [9.17, 15) is 0 Å². The average Bonchev–Trinajstić information content (AvgIpc) is 2.54. The van der Waals surface area contributed by atoms with Gasteiger partial charge < -0.3 is 0 Å². The molecule has 12 heavy (non-hydrogen) atoms. The van der Waals surface area contributed by atoms with Crippen LogP contribution in [0.5, 0.6) is 0 Å². The van der Waals surface area contributed by atoms with Gasteiger partial charge in [0.1, 0.15) is 0 Å². The molecule has 1 aromatic carbocycles. The number of aromatic nitrogens is 2. The van der Waals surface area contributed by atoms with Gasteiger partial charge in [-0.1, -0.05) is 18.2 Å². The van der Waals surface area contributed by atoms with E-state index in [0.29, 0.717) is 0 Å². The van der Waals surface area contributed by atoms with Crippen molar-refractivity contribution in [2.75, 3.05) is 0 Å². The molecule has 0 N–H and O–H groups in total. The fraction of sp³-hybridized carbons (Fsp3) is 0.111. The van der Waals surface area contributed by atoms with Crippen LogP contribution >= 0.6 is 8.35 Å². The number of para-hydroxylation sites is 1. The van der Waals surface area contributed by atoms with E-state index in [-0.39, 0.29) is 0 Å². The molecule has 1 heterocycles. The van der Waals surface area contributed by atoms with E-state index in [4.69, 9.17) is 0 Å². The van der Waals surface area contributed by atoms with Gasteiger partial charge in [0.2, 0.25) is 0 Å². The van der Waals surface area contributed by atoms with Gasteiger partial charge in [-0.2, -0.15) is 5.10 Å². The van der Waals surface area contributed by atoms with E-state index in [2.05, 4.69) is 24.2 Å². The molecular formula is C9H9N2P. The zero-order valence-electron chi connectivity index (χ0n) is 6.81. The molecule has 3 heteroatoms. The quantitative estimate of drug-likeness (QED) is 0.653. The van der Waals surface area contributed by atoms with Crippen molar-refractivity contribution < 1.29 is 0 Å². The summed E-state index contributed by atoms with van der Waals surface area (Å²) in [6.07, 6.45) is 1.90. The topological polar surface area (TPSA) is 17.8 Å². The van der Waals surface area contributed by atoms with Gasteiger partial charge in [0.25, 0.3) is 0 Å². The van der Waals surface area contributed by atoms with E-state index >= 15 is 0 Å². The molecule has 0 aliphatic carbocycles. The van der Waals surface area contributed by atoms with Crippen LogP contribution in [0.3, 0.4) is 0 Å². The second kappa shape index (κ2) is 3.08. The first-order valence-electron chi connectivity index (χ1n) is 3.80. The molecule has 0 spiro atoms. The number of aryl methyl sites for hydroxylation is 1. The Balaban J connectivity index is 2.45. The lowest BCUT2D eigenvalue weighted by Crippen LogP contribution is -1.88. The van der Waals surface area contributed by atoms with Crippen LogP contribution in [0.25, 0.3) is 5.69 Å². The van der Waals surface area contributed by atoms with Crippen molar-refractivity contribution in [3.05, 3.63) is 41.8 Å². The molecule has 0 bridgehead atoms. The van der Waals surface area contributed by atoms with Crippen LogP contribution in [0.1, 0.15) is 5.30 Å². The molecule has 0 fully saturated rings. The van der Waals surface area contributed by atoms with Gasteiger partial charge in [0, 0.05) is 13.6 Å². The summed E-state index contributed by atoms with van der Waals surface area (Å²) in [5.41, 5.74) is 1.15. The largest absolute Gasteiger partial charge is 0.215 e. The lowest BCUT2D eigenvalue weighted by molar-refractivity contribution is 0.956. The molecule has 0 saturated carbocycles. The molecule has 0 aliphatic heterocycles. The summed E-state index contributed by atoms with van der Waals surface area (Å²) >= 11 is 0. The van der Waals surface area contributed by atoms with Crippen molar-refractivity contribution in [2.45, 2.75) is 6.92 Å². The number of benzene rings is 1. The van der Waals surface area contributed by atoms with Crippen molar-refractivity contribution in [3.8, 4) is 5.69 Å². The molecule has 60 valence electrons. The Morgan fingerprint density at radius 2 is 2.00 bits per heavy atom. The van der Waals surface area contributed by atoms with Crippen LogP contribution in [-0.4, -0.2) is 9.54 Å². The van der Waals surface area contributed by atoms with E-state index < -0.39 is 0 Å². The molecule has 0 amide bonds. The Morgan fingerprint density at radius 1 is 1.25 bits per heavy atom. The first-order valence-corrected chi connectivity index (χ1v) is 4.65. The molecule has 0 aliphatic rings. The summed E-state index contributed by atoms with van der Waals surface area (Å²) in [7, 11) is 1.16. The first-order chi connectivity index (χ1) is 5.86. The molecule has 1 aromatic heterocycles. The van der Waals surface area contributed by atoms with Crippen molar-refractivity contribution >= 4 is 8.35 Å².